The molecule has 2 unspecified atom stereocenters. The lowest BCUT2D eigenvalue weighted by atomic mass is 10.2. The Bertz CT molecular complexity index is 515. The molecule has 25 heavy (non-hydrogen) atoms. The molecule has 0 heterocycles. The first kappa shape index (κ1) is 22.7. The molecular weight excluding hydrogens is 354 g/mol. The summed E-state index contributed by atoms with van der Waals surface area (Å²) in [6.45, 7) is -0.890. The lowest BCUT2D eigenvalue weighted by molar-refractivity contribution is -0.141. The molecule has 0 aliphatic rings. The van der Waals surface area contributed by atoms with Crippen LogP contribution in [0.2, 0.25) is 0 Å². The predicted octanol–water partition coefficient (Wildman–Crippen LogP) is -3.26. The molecule has 12 heteroatoms. The van der Waals surface area contributed by atoms with E-state index >= 15 is 0 Å². The summed E-state index contributed by atoms with van der Waals surface area (Å²) >= 11 is 1.44. The third-order valence-electron chi connectivity index (χ3n) is 2.87. The fraction of sp³-hybridized carbons (Fsp3) is 0.615. The Kier molecular flexibility index (Phi) is 11.0. The van der Waals surface area contributed by atoms with Gasteiger partial charge in [-0.2, -0.15) is 11.8 Å². The Balaban J connectivity index is 4.15. The fourth-order valence-corrected chi connectivity index (χ4v) is 2.06. The smallest absolute Gasteiger partial charge is 0.326 e. The van der Waals surface area contributed by atoms with Crippen molar-refractivity contribution in [3.05, 3.63) is 0 Å². The van der Waals surface area contributed by atoms with Crippen molar-refractivity contribution in [3.63, 3.8) is 0 Å². The summed E-state index contributed by atoms with van der Waals surface area (Å²) < 4.78 is 0. The van der Waals surface area contributed by atoms with E-state index in [-0.39, 0.29) is 12.8 Å². The first-order valence-electron chi connectivity index (χ1n) is 7.26. The Labute approximate surface area is 148 Å². The predicted molar refractivity (Wildman–Crippen MR) is 90.4 cm³/mol. The Morgan fingerprint density at radius 2 is 1.68 bits per heavy atom. The number of hydrogen-bond acceptors (Lipinski definition) is 7. The molecule has 0 bridgehead atoms. The van der Waals surface area contributed by atoms with Crippen molar-refractivity contribution in [2.24, 2.45) is 11.5 Å². The van der Waals surface area contributed by atoms with Crippen LogP contribution in [0.4, 0.5) is 0 Å². The molecule has 0 spiro atoms. The van der Waals surface area contributed by atoms with Gasteiger partial charge in [0.25, 0.3) is 0 Å². The number of nitrogens with one attached hydrogen (secondary N) is 3. The number of aliphatic carboxylic acids is 1. The normalized spacial score (nSPS) is 12.6. The van der Waals surface area contributed by atoms with E-state index in [2.05, 4.69) is 16.0 Å². The van der Waals surface area contributed by atoms with Crippen molar-refractivity contribution in [1.29, 1.82) is 0 Å². The summed E-state index contributed by atoms with van der Waals surface area (Å²) in [5.74, 6) is -3.44. The summed E-state index contributed by atoms with van der Waals surface area (Å²) in [5.41, 5.74) is 10.3. The van der Waals surface area contributed by atoms with Gasteiger partial charge >= 0.3 is 5.97 Å². The maximum absolute atomic E-state index is 11.6. The maximum Gasteiger partial charge on any atom is 0.326 e. The van der Waals surface area contributed by atoms with Gasteiger partial charge in [0.05, 0.1) is 25.6 Å². The number of hydrogen-bond donors (Lipinski definition) is 6. The van der Waals surface area contributed by atoms with Crippen LogP contribution in [0.1, 0.15) is 12.8 Å². The standard InChI is InChI=1S/C13H23N5O6S/c1-25-3-2-8(13(23)24)18-11(21)6-16-10(20)5-17-12(22)7(14)4-9(15)19/h7-8H,2-6,14H2,1H3,(H2,15,19)(H,16,20)(H,17,22)(H,18,21)(H,23,24). The van der Waals surface area contributed by atoms with Gasteiger partial charge in [-0.05, 0) is 18.4 Å². The van der Waals surface area contributed by atoms with E-state index < -0.39 is 54.8 Å². The molecule has 4 amide bonds. The molecule has 142 valence electrons. The number of primary amides is 1. The van der Waals surface area contributed by atoms with Gasteiger partial charge in [0.1, 0.15) is 6.04 Å². The third kappa shape index (κ3) is 10.9. The minimum Gasteiger partial charge on any atom is -0.480 e. The van der Waals surface area contributed by atoms with E-state index in [9.17, 15) is 24.0 Å². The van der Waals surface area contributed by atoms with E-state index in [0.29, 0.717) is 5.75 Å². The SMILES string of the molecule is CSCCC(NC(=O)CNC(=O)CNC(=O)C(N)CC(N)=O)C(=O)O. The summed E-state index contributed by atoms with van der Waals surface area (Å²) in [6, 6.07) is -2.20. The summed E-state index contributed by atoms with van der Waals surface area (Å²) in [5, 5.41) is 15.7. The number of thioether (sulfide) groups is 1. The molecule has 0 saturated carbocycles. The number of carboxylic acid groups (broad SMARTS) is 1. The number of carboxylic acids is 1. The molecule has 0 radical (unpaired) electrons. The number of nitrogens with two attached hydrogens (primary N) is 2. The van der Waals surface area contributed by atoms with E-state index in [4.69, 9.17) is 16.6 Å². The van der Waals surface area contributed by atoms with Crippen LogP contribution in [0.5, 0.6) is 0 Å². The number of rotatable bonds is 12. The highest BCUT2D eigenvalue weighted by atomic mass is 32.2. The molecule has 8 N–H and O–H groups in total. The molecule has 0 aromatic carbocycles. The molecular formula is C13H23N5O6S. The van der Waals surface area contributed by atoms with E-state index in [1.807, 2.05) is 6.26 Å². The van der Waals surface area contributed by atoms with Gasteiger partial charge in [0.2, 0.25) is 23.6 Å². The van der Waals surface area contributed by atoms with Crippen molar-refractivity contribution in [3.8, 4) is 0 Å². The van der Waals surface area contributed by atoms with Gasteiger partial charge in [0, 0.05) is 0 Å². The lowest BCUT2D eigenvalue weighted by Crippen LogP contribution is -2.49. The van der Waals surface area contributed by atoms with Crippen LogP contribution in [0, 0.1) is 0 Å². The van der Waals surface area contributed by atoms with Crippen LogP contribution in [-0.4, -0.2) is 71.9 Å². The van der Waals surface area contributed by atoms with Crippen LogP contribution in [0.15, 0.2) is 0 Å². The second-order valence-electron chi connectivity index (χ2n) is 5.01. The van der Waals surface area contributed by atoms with Crippen molar-refractivity contribution in [2.45, 2.75) is 24.9 Å². The number of amides is 4. The maximum atomic E-state index is 11.6. The van der Waals surface area contributed by atoms with Crippen LogP contribution < -0.4 is 27.4 Å². The van der Waals surface area contributed by atoms with E-state index in [1.165, 1.54) is 11.8 Å². The van der Waals surface area contributed by atoms with Crippen molar-refractivity contribution >= 4 is 41.4 Å². The monoisotopic (exact) mass is 377 g/mol. The van der Waals surface area contributed by atoms with Gasteiger partial charge < -0.3 is 32.5 Å². The van der Waals surface area contributed by atoms with E-state index in [0.717, 1.165) is 0 Å². The molecule has 0 aromatic rings. The summed E-state index contributed by atoms with van der Waals surface area (Å²) in [7, 11) is 0. The van der Waals surface area contributed by atoms with E-state index in [1.54, 1.807) is 0 Å². The Morgan fingerprint density at radius 1 is 1.08 bits per heavy atom. The van der Waals surface area contributed by atoms with Gasteiger partial charge in [-0.15, -0.1) is 0 Å². The topological polar surface area (TPSA) is 194 Å². The summed E-state index contributed by atoms with van der Waals surface area (Å²) in [6.07, 6.45) is 1.71. The second kappa shape index (κ2) is 12.1. The van der Waals surface area contributed by atoms with Crippen LogP contribution >= 0.6 is 11.8 Å². The number of carbonyl (C=O) groups is 5. The highest BCUT2D eigenvalue weighted by Crippen LogP contribution is 2.00. The summed E-state index contributed by atoms with van der Waals surface area (Å²) in [4.78, 5) is 56.3. The largest absolute Gasteiger partial charge is 0.480 e. The zero-order valence-electron chi connectivity index (χ0n) is 13.7. The van der Waals surface area contributed by atoms with Crippen LogP contribution in [0.3, 0.4) is 0 Å². The highest BCUT2D eigenvalue weighted by Gasteiger charge is 2.20. The van der Waals surface area contributed by atoms with Gasteiger partial charge in [-0.3, -0.25) is 19.2 Å². The zero-order chi connectivity index (χ0) is 19.4. The minimum absolute atomic E-state index is 0.254. The second-order valence-corrected chi connectivity index (χ2v) is 6.00. The minimum atomic E-state index is -1.17. The average Bonchev–Trinajstić information content (AvgIpc) is 2.53. The molecule has 2 atom stereocenters. The highest BCUT2D eigenvalue weighted by molar-refractivity contribution is 7.98. The molecule has 0 aromatic heterocycles. The molecule has 0 saturated heterocycles. The molecule has 11 nitrogen and oxygen atoms in total. The number of carbonyl (C=O) groups excluding carboxylic acids is 4. The van der Waals surface area contributed by atoms with Crippen molar-refractivity contribution < 1.29 is 29.1 Å². The van der Waals surface area contributed by atoms with Crippen molar-refractivity contribution in [2.75, 3.05) is 25.1 Å². The molecule has 0 fully saturated rings. The molecule has 0 aliphatic carbocycles. The molecule has 0 rings (SSSR count). The third-order valence-corrected chi connectivity index (χ3v) is 3.52. The fourth-order valence-electron chi connectivity index (χ4n) is 1.59. The van der Waals surface area contributed by atoms with Crippen LogP contribution in [0.25, 0.3) is 0 Å². The Morgan fingerprint density at radius 3 is 2.20 bits per heavy atom. The zero-order valence-corrected chi connectivity index (χ0v) is 14.6. The first-order valence-corrected chi connectivity index (χ1v) is 8.66. The first-order chi connectivity index (χ1) is 11.7. The Hall–Kier alpha value is -2.34. The average molecular weight is 377 g/mol. The van der Waals surface area contributed by atoms with Gasteiger partial charge in [-0.25, -0.2) is 4.79 Å². The quantitative estimate of drug-likeness (QED) is 0.204. The van der Waals surface area contributed by atoms with Gasteiger partial charge in [-0.1, -0.05) is 0 Å². The molecule has 0 aliphatic heterocycles. The van der Waals surface area contributed by atoms with Crippen LogP contribution in [-0.2, 0) is 24.0 Å². The van der Waals surface area contributed by atoms with Gasteiger partial charge in [0.15, 0.2) is 0 Å². The lowest BCUT2D eigenvalue weighted by Gasteiger charge is -2.14. The van der Waals surface area contributed by atoms with Crippen molar-refractivity contribution in [1.82, 2.24) is 16.0 Å².